The Labute approximate surface area is 319 Å². The molecular formula is C42H80NO8P. The lowest BCUT2D eigenvalue weighted by Gasteiger charge is -2.28. The van der Waals surface area contributed by atoms with Crippen LogP contribution >= 0.6 is 7.82 Å². The molecule has 0 aliphatic rings. The molecule has 0 aromatic carbocycles. The number of allylic oxidation sites excluding steroid dienone is 4. The average Bonchev–Trinajstić information content (AvgIpc) is 3.09. The summed E-state index contributed by atoms with van der Waals surface area (Å²) in [5.41, 5.74) is 0. The van der Waals surface area contributed by atoms with Gasteiger partial charge in [0.1, 0.15) is 19.8 Å². The van der Waals surface area contributed by atoms with E-state index in [0.29, 0.717) is 17.4 Å². The van der Waals surface area contributed by atoms with Crippen LogP contribution in [0.1, 0.15) is 181 Å². The zero-order valence-corrected chi connectivity index (χ0v) is 35.2. The molecule has 0 rings (SSSR count). The zero-order chi connectivity index (χ0) is 38.6. The van der Waals surface area contributed by atoms with Crippen molar-refractivity contribution >= 4 is 19.8 Å². The molecule has 0 fully saturated rings. The number of phosphoric acid groups is 1. The van der Waals surface area contributed by atoms with E-state index in [0.717, 1.165) is 70.6 Å². The highest BCUT2D eigenvalue weighted by molar-refractivity contribution is 7.45. The topological polar surface area (TPSA) is 111 Å². The monoisotopic (exact) mass is 758 g/mol. The molecule has 2 atom stereocenters. The van der Waals surface area contributed by atoms with Crippen LogP contribution in [-0.4, -0.2) is 70.0 Å². The third-order valence-electron chi connectivity index (χ3n) is 8.94. The molecule has 9 nitrogen and oxygen atoms in total. The number of hydrogen-bond acceptors (Lipinski definition) is 8. The lowest BCUT2D eigenvalue weighted by Crippen LogP contribution is -2.37. The first-order valence-corrected chi connectivity index (χ1v) is 22.5. The van der Waals surface area contributed by atoms with Gasteiger partial charge < -0.3 is 27.9 Å². The molecule has 306 valence electrons. The van der Waals surface area contributed by atoms with Gasteiger partial charge in [-0.05, 0) is 57.8 Å². The molecule has 1 unspecified atom stereocenters. The van der Waals surface area contributed by atoms with E-state index in [4.69, 9.17) is 18.5 Å². The summed E-state index contributed by atoms with van der Waals surface area (Å²) >= 11 is 0. The van der Waals surface area contributed by atoms with Crippen molar-refractivity contribution in [3.8, 4) is 0 Å². The van der Waals surface area contributed by atoms with Crippen LogP contribution in [0.4, 0.5) is 0 Å². The molecule has 0 aliphatic carbocycles. The van der Waals surface area contributed by atoms with Crippen molar-refractivity contribution in [1.29, 1.82) is 0 Å². The van der Waals surface area contributed by atoms with Crippen LogP contribution in [0.15, 0.2) is 24.3 Å². The van der Waals surface area contributed by atoms with Crippen LogP contribution in [-0.2, 0) is 32.7 Å². The molecular weight excluding hydrogens is 677 g/mol. The van der Waals surface area contributed by atoms with Gasteiger partial charge in [-0.2, -0.15) is 0 Å². The molecule has 0 radical (unpaired) electrons. The summed E-state index contributed by atoms with van der Waals surface area (Å²) in [4.78, 5) is 37.4. The number of rotatable bonds is 38. The normalized spacial score (nSPS) is 13.9. The highest BCUT2D eigenvalue weighted by atomic mass is 31.2. The Balaban J connectivity index is 4.35. The van der Waals surface area contributed by atoms with Gasteiger partial charge in [0.25, 0.3) is 7.82 Å². The van der Waals surface area contributed by atoms with Crippen molar-refractivity contribution in [2.75, 3.05) is 47.5 Å². The lowest BCUT2D eigenvalue weighted by molar-refractivity contribution is -0.870. The number of likely N-dealkylation sites (N-methyl/N-ethyl adjacent to an activating group) is 1. The van der Waals surface area contributed by atoms with Crippen LogP contribution < -0.4 is 4.89 Å². The standard InChI is InChI=1S/C42H80NO8P/c1-6-8-10-12-14-16-18-19-20-21-22-23-25-26-28-30-32-34-41(44)48-38-40(39-50-52(46,47)49-37-36-43(3,4)5)51-42(45)35-33-31-29-27-24-17-15-13-11-9-7-2/h13,15,19-20,40H,6-12,14,16-18,21-39H2,1-5H3/b15-13-,20-19-/t40-/m1/s1. The van der Waals surface area contributed by atoms with E-state index in [9.17, 15) is 19.0 Å². The molecule has 0 saturated carbocycles. The summed E-state index contributed by atoms with van der Waals surface area (Å²) in [6, 6.07) is 0. The summed E-state index contributed by atoms with van der Waals surface area (Å²) in [5.74, 6) is -0.849. The highest BCUT2D eigenvalue weighted by Crippen LogP contribution is 2.38. The Bertz CT molecular complexity index is 949. The first-order valence-electron chi connectivity index (χ1n) is 21.0. The summed E-state index contributed by atoms with van der Waals surface area (Å²) in [6.07, 6.45) is 36.3. The van der Waals surface area contributed by atoms with Crippen LogP contribution in [0.2, 0.25) is 0 Å². The Hall–Kier alpha value is -1.51. The van der Waals surface area contributed by atoms with Crippen molar-refractivity contribution < 1.29 is 42.1 Å². The maximum atomic E-state index is 12.6. The van der Waals surface area contributed by atoms with Crippen LogP contribution in [0.3, 0.4) is 0 Å². The number of nitrogens with zero attached hydrogens (tertiary/aromatic N) is 1. The lowest BCUT2D eigenvalue weighted by atomic mass is 10.1. The number of carbonyl (C=O) groups is 2. The van der Waals surface area contributed by atoms with Crippen molar-refractivity contribution in [3.63, 3.8) is 0 Å². The second-order valence-electron chi connectivity index (χ2n) is 15.3. The van der Waals surface area contributed by atoms with E-state index in [-0.39, 0.29) is 26.1 Å². The predicted octanol–water partition coefficient (Wildman–Crippen LogP) is 10.9. The molecule has 0 aromatic heterocycles. The van der Waals surface area contributed by atoms with Gasteiger partial charge in [0.05, 0.1) is 27.7 Å². The maximum absolute atomic E-state index is 12.6. The van der Waals surface area contributed by atoms with Gasteiger partial charge in [0.2, 0.25) is 0 Å². The second kappa shape index (κ2) is 35.2. The van der Waals surface area contributed by atoms with E-state index >= 15 is 0 Å². The molecule has 10 heteroatoms. The Morgan fingerprint density at radius 1 is 0.577 bits per heavy atom. The minimum Gasteiger partial charge on any atom is -0.756 e. The van der Waals surface area contributed by atoms with Gasteiger partial charge in [-0.15, -0.1) is 0 Å². The number of phosphoric ester groups is 1. The fourth-order valence-corrected chi connectivity index (χ4v) is 6.30. The Morgan fingerprint density at radius 2 is 1.00 bits per heavy atom. The van der Waals surface area contributed by atoms with Gasteiger partial charge in [-0.1, -0.05) is 134 Å². The van der Waals surface area contributed by atoms with Crippen molar-refractivity contribution in [3.05, 3.63) is 24.3 Å². The molecule has 0 aliphatic heterocycles. The van der Waals surface area contributed by atoms with Gasteiger partial charge in [-0.25, -0.2) is 0 Å². The Morgan fingerprint density at radius 3 is 1.48 bits per heavy atom. The molecule has 0 aromatic rings. The highest BCUT2D eigenvalue weighted by Gasteiger charge is 2.21. The smallest absolute Gasteiger partial charge is 0.306 e. The first-order chi connectivity index (χ1) is 25.0. The van der Waals surface area contributed by atoms with Crippen molar-refractivity contribution in [2.45, 2.75) is 187 Å². The number of unbranched alkanes of at least 4 members (excludes halogenated alkanes) is 20. The molecule has 0 amide bonds. The molecule has 0 N–H and O–H groups in total. The molecule has 52 heavy (non-hydrogen) atoms. The number of carbonyl (C=O) groups excluding carboxylic acids is 2. The van der Waals surface area contributed by atoms with Crippen LogP contribution in [0.25, 0.3) is 0 Å². The fourth-order valence-electron chi connectivity index (χ4n) is 5.57. The molecule has 0 spiro atoms. The van der Waals surface area contributed by atoms with Crippen molar-refractivity contribution in [1.82, 2.24) is 0 Å². The largest absolute Gasteiger partial charge is 0.756 e. The number of esters is 2. The number of ether oxygens (including phenoxy) is 2. The van der Waals surface area contributed by atoms with E-state index in [1.165, 1.54) is 77.0 Å². The fraction of sp³-hybridized carbons (Fsp3) is 0.857. The summed E-state index contributed by atoms with van der Waals surface area (Å²) < 4.78 is 33.8. The molecule has 0 bridgehead atoms. The average molecular weight is 758 g/mol. The van der Waals surface area contributed by atoms with E-state index in [2.05, 4.69) is 38.2 Å². The third-order valence-corrected chi connectivity index (χ3v) is 9.91. The SMILES string of the molecule is CCCC/C=C\CCCCCCCC(=O)O[C@H](COC(=O)CCCCCCCCC/C=C\CCCCCCCC)COP(=O)([O-])OCC[N+](C)(C)C. The third kappa shape index (κ3) is 38.2. The molecule has 0 heterocycles. The van der Waals surface area contributed by atoms with Gasteiger partial charge in [0.15, 0.2) is 6.10 Å². The summed E-state index contributed by atoms with van der Waals surface area (Å²) in [5, 5.41) is 0. The Kier molecular flexibility index (Phi) is 34.2. The van der Waals surface area contributed by atoms with Gasteiger partial charge in [-0.3, -0.25) is 14.2 Å². The summed E-state index contributed by atoms with van der Waals surface area (Å²) in [6.45, 7) is 4.16. The maximum Gasteiger partial charge on any atom is 0.306 e. The van der Waals surface area contributed by atoms with Gasteiger partial charge >= 0.3 is 11.9 Å². The minimum absolute atomic E-state index is 0.0322. The van der Waals surface area contributed by atoms with Crippen LogP contribution in [0.5, 0.6) is 0 Å². The number of hydrogen-bond donors (Lipinski definition) is 0. The second-order valence-corrected chi connectivity index (χ2v) is 16.8. The number of quaternary nitrogens is 1. The van der Waals surface area contributed by atoms with Gasteiger partial charge in [0, 0.05) is 12.8 Å². The van der Waals surface area contributed by atoms with E-state index < -0.39 is 32.5 Å². The predicted molar refractivity (Wildman–Crippen MR) is 213 cm³/mol. The first kappa shape index (κ1) is 50.5. The minimum atomic E-state index is -4.62. The van der Waals surface area contributed by atoms with E-state index in [1.807, 2.05) is 21.1 Å². The van der Waals surface area contributed by atoms with Crippen molar-refractivity contribution in [2.24, 2.45) is 0 Å². The van der Waals surface area contributed by atoms with Crippen LogP contribution in [0, 0.1) is 0 Å². The zero-order valence-electron chi connectivity index (χ0n) is 34.3. The quantitative estimate of drug-likeness (QED) is 0.0201. The summed E-state index contributed by atoms with van der Waals surface area (Å²) in [7, 11) is 1.16. The van der Waals surface area contributed by atoms with E-state index in [1.54, 1.807) is 0 Å². The molecule has 0 saturated heterocycles.